The van der Waals surface area contributed by atoms with Crippen molar-refractivity contribution in [1.29, 1.82) is 0 Å². The zero-order valence-corrected chi connectivity index (χ0v) is 20.9. The molecule has 34 heavy (non-hydrogen) atoms. The summed E-state index contributed by atoms with van der Waals surface area (Å²) in [6, 6.07) is 14.2. The van der Waals surface area contributed by atoms with Gasteiger partial charge in [0.05, 0.1) is 5.71 Å². The summed E-state index contributed by atoms with van der Waals surface area (Å²) < 4.78 is 5.80. The fourth-order valence-corrected chi connectivity index (χ4v) is 4.55. The maximum atomic E-state index is 12.5. The quantitative estimate of drug-likeness (QED) is 0.312. The van der Waals surface area contributed by atoms with Crippen LogP contribution in [0.1, 0.15) is 74.1 Å². The van der Waals surface area contributed by atoms with Crippen LogP contribution in [0.3, 0.4) is 0 Å². The van der Waals surface area contributed by atoms with Gasteiger partial charge in [0, 0.05) is 13.1 Å². The van der Waals surface area contributed by atoms with E-state index in [2.05, 4.69) is 44.1 Å². The van der Waals surface area contributed by atoms with E-state index in [0.717, 1.165) is 62.0 Å². The number of nitrogens with zero attached hydrogens (tertiary/aromatic N) is 2. The molecule has 1 saturated heterocycles. The van der Waals surface area contributed by atoms with Crippen LogP contribution in [-0.4, -0.2) is 36.2 Å². The first-order valence-electron chi connectivity index (χ1n) is 12.7. The van der Waals surface area contributed by atoms with Gasteiger partial charge in [0.2, 0.25) is 0 Å². The molecule has 4 rings (SSSR count). The topological polar surface area (TPSA) is 51.1 Å². The number of oxime groups is 1. The molecule has 2 aromatic carbocycles. The van der Waals surface area contributed by atoms with Crippen molar-refractivity contribution in [2.24, 2.45) is 10.6 Å². The molecular weight excluding hydrogens is 424 g/mol. The molecular formula is C29H38N2O3. The van der Waals surface area contributed by atoms with Crippen molar-refractivity contribution < 1.29 is 14.4 Å². The highest BCUT2D eigenvalue weighted by atomic mass is 16.6. The Bertz CT molecular complexity index is 999. The van der Waals surface area contributed by atoms with Crippen molar-refractivity contribution in [2.45, 2.75) is 72.3 Å². The van der Waals surface area contributed by atoms with Crippen molar-refractivity contribution in [1.82, 2.24) is 4.90 Å². The predicted molar refractivity (Wildman–Crippen MR) is 136 cm³/mol. The number of unbranched alkanes of at least 4 members (excludes halogenated alkanes) is 1. The van der Waals surface area contributed by atoms with Gasteiger partial charge in [-0.05, 0) is 104 Å². The van der Waals surface area contributed by atoms with E-state index in [4.69, 9.17) is 9.57 Å². The second-order valence-corrected chi connectivity index (χ2v) is 10.0. The monoisotopic (exact) mass is 462 g/mol. The number of aryl methyl sites for hydroxylation is 2. The summed E-state index contributed by atoms with van der Waals surface area (Å²) >= 11 is 0. The average molecular weight is 463 g/mol. The molecule has 0 unspecified atom stereocenters. The highest BCUT2D eigenvalue weighted by Gasteiger charge is 2.45. The zero-order valence-electron chi connectivity index (χ0n) is 20.9. The third kappa shape index (κ3) is 6.40. The molecule has 0 radical (unpaired) electrons. The van der Waals surface area contributed by atoms with Gasteiger partial charge < -0.3 is 14.5 Å². The lowest BCUT2D eigenvalue weighted by molar-refractivity contribution is -0.134. The molecule has 0 bridgehead atoms. The zero-order chi connectivity index (χ0) is 24.0. The Morgan fingerprint density at radius 3 is 2.38 bits per heavy atom. The van der Waals surface area contributed by atoms with Gasteiger partial charge in [-0.3, -0.25) is 4.79 Å². The van der Waals surface area contributed by atoms with Gasteiger partial charge in [-0.25, -0.2) is 0 Å². The Labute approximate surface area is 204 Å². The minimum atomic E-state index is 0.0875. The minimum Gasteiger partial charge on any atom is -0.484 e. The average Bonchev–Trinajstić information content (AvgIpc) is 3.61. The van der Waals surface area contributed by atoms with Gasteiger partial charge in [-0.2, -0.15) is 0 Å². The van der Waals surface area contributed by atoms with E-state index < -0.39 is 0 Å². The molecule has 5 nitrogen and oxygen atoms in total. The number of benzene rings is 2. The Balaban J connectivity index is 1.30. The number of carbonyl (C=O) groups excluding carboxylic acids is 1. The largest absolute Gasteiger partial charge is 0.484 e. The predicted octanol–water partition coefficient (Wildman–Crippen LogP) is 6.20. The van der Waals surface area contributed by atoms with Crippen LogP contribution in [-0.2, 0) is 16.2 Å². The van der Waals surface area contributed by atoms with Gasteiger partial charge >= 0.3 is 0 Å². The van der Waals surface area contributed by atoms with Crippen LogP contribution in [0.5, 0.6) is 5.75 Å². The van der Waals surface area contributed by atoms with E-state index in [1.54, 1.807) is 0 Å². The second-order valence-electron chi connectivity index (χ2n) is 10.0. The highest BCUT2D eigenvalue weighted by molar-refractivity contribution is 6.00. The van der Waals surface area contributed by atoms with Crippen LogP contribution in [0, 0.1) is 19.3 Å². The number of carbonyl (C=O) groups is 1. The molecule has 2 fully saturated rings. The first-order chi connectivity index (χ1) is 16.5. The Morgan fingerprint density at radius 1 is 1.00 bits per heavy atom. The molecule has 1 heterocycles. The van der Waals surface area contributed by atoms with Crippen molar-refractivity contribution in [3.8, 4) is 5.75 Å². The molecule has 1 spiro atoms. The summed E-state index contributed by atoms with van der Waals surface area (Å²) in [6.45, 7) is 8.71. The van der Waals surface area contributed by atoms with Crippen LogP contribution in [0.25, 0.3) is 0 Å². The number of piperidine rings is 1. The van der Waals surface area contributed by atoms with Crippen LogP contribution in [0.2, 0.25) is 0 Å². The maximum Gasteiger partial charge on any atom is 0.260 e. The molecule has 2 aromatic rings. The molecule has 0 N–H and O–H groups in total. The van der Waals surface area contributed by atoms with E-state index in [1.165, 1.54) is 24.0 Å². The van der Waals surface area contributed by atoms with Gasteiger partial charge in [0.25, 0.3) is 5.91 Å². The Morgan fingerprint density at radius 2 is 1.74 bits per heavy atom. The summed E-state index contributed by atoms with van der Waals surface area (Å²) in [5.41, 5.74) is 6.21. The van der Waals surface area contributed by atoms with E-state index >= 15 is 0 Å². The van der Waals surface area contributed by atoms with Crippen LogP contribution in [0.4, 0.5) is 0 Å². The fourth-order valence-electron chi connectivity index (χ4n) is 4.55. The molecule has 5 heteroatoms. The second kappa shape index (κ2) is 11.1. The van der Waals surface area contributed by atoms with Gasteiger partial charge in [0.15, 0.2) is 6.61 Å². The van der Waals surface area contributed by atoms with Crippen molar-refractivity contribution in [2.75, 3.05) is 19.7 Å². The summed E-state index contributed by atoms with van der Waals surface area (Å²) in [5.74, 6) is 0.795. The van der Waals surface area contributed by atoms with E-state index in [0.29, 0.717) is 17.8 Å². The number of hydrogen-bond donors (Lipinski definition) is 0. The normalized spacial score (nSPS) is 17.0. The van der Waals surface area contributed by atoms with Gasteiger partial charge in [-0.15, -0.1) is 0 Å². The van der Waals surface area contributed by atoms with E-state index in [1.807, 2.05) is 29.2 Å². The summed E-state index contributed by atoms with van der Waals surface area (Å²) in [5, 5.41) is 4.48. The standard InChI is InChI=1S/C29H38N2O3/c1-4-5-6-27(30-34-20-24-8-7-22(2)23(3)19-24)25-9-11-26(12-10-25)33-21-28(32)31-17-15-29(13-14-29)16-18-31/h7-12,19H,4-6,13-18,20-21H2,1-3H3/b30-27-. The van der Waals surface area contributed by atoms with Crippen LogP contribution in [0.15, 0.2) is 47.6 Å². The third-order valence-corrected chi connectivity index (χ3v) is 7.43. The fraction of sp³-hybridized carbons (Fsp3) is 0.517. The summed E-state index contributed by atoms with van der Waals surface area (Å²) in [7, 11) is 0. The highest BCUT2D eigenvalue weighted by Crippen LogP contribution is 2.53. The van der Waals surface area contributed by atoms with Gasteiger partial charge in [-0.1, -0.05) is 36.7 Å². The van der Waals surface area contributed by atoms with Gasteiger partial charge in [0.1, 0.15) is 12.4 Å². The molecule has 182 valence electrons. The summed E-state index contributed by atoms with van der Waals surface area (Å²) in [4.78, 5) is 20.2. The Kier molecular flexibility index (Phi) is 7.91. The van der Waals surface area contributed by atoms with E-state index in [-0.39, 0.29) is 12.5 Å². The molecule has 1 saturated carbocycles. The summed E-state index contributed by atoms with van der Waals surface area (Å²) in [6.07, 6.45) is 8.00. The number of hydrogen-bond acceptors (Lipinski definition) is 4. The number of likely N-dealkylation sites (tertiary alicyclic amines) is 1. The number of amides is 1. The van der Waals surface area contributed by atoms with E-state index in [9.17, 15) is 4.79 Å². The van der Waals surface area contributed by atoms with Crippen LogP contribution < -0.4 is 4.74 Å². The smallest absolute Gasteiger partial charge is 0.260 e. The first kappa shape index (κ1) is 24.3. The minimum absolute atomic E-state index is 0.0875. The SMILES string of the molecule is CCCC/C(=N/OCc1ccc(C)c(C)c1)c1ccc(OCC(=O)N2CCC3(CC2)CC3)cc1. The molecule has 1 amide bonds. The van der Waals surface area contributed by atoms with Crippen molar-refractivity contribution >= 4 is 11.6 Å². The van der Waals surface area contributed by atoms with Crippen molar-refractivity contribution in [3.05, 3.63) is 64.7 Å². The molecule has 1 aliphatic heterocycles. The molecule has 0 aromatic heterocycles. The Hall–Kier alpha value is -2.82. The molecule has 2 aliphatic rings. The lowest BCUT2D eigenvalue weighted by atomic mass is 9.94. The molecule has 0 atom stereocenters. The number of rotatable bonds is 10. The molecule has 1 aliphatic carbocycles. The third-order valence-electron chi connectivity index (χ3n) is 7.43. The first-order valence-corrected chi connectivity index (χ1v) is 12.7. The van der Waals surface area contributed by atoms with Crippen molar-refractivity contribution in [3.63, 3.8) is 0 Å². The lowest BCUT2D eigenvalue weighted by Gasteiger charge is -2.32. The lowest BCUT2D eigenvalue weighted by Crippen LogP contribution is -2.41. The number of ether oxygens (including phenoxy) is 1. The maximum absolute atomic E-state index is 12.5. The van der Waals surface area contributed by atoms with Crippen LogP contribution >= 0.6 is 0 Å².